The molecule has 6 rings (SSSR count). The number of aliphatic carboxylic acids is 3. The third-order valence-corrected chi connectivity index (χ3v) is 15.0. The summed E-state index contributed by atoms with van der Waals surface area (Å²) < 4.78 is 33.4. The summed E-state index contributed by atoms with van der Waals surface area (Å²) in [6.45, 7) is 17.1. The molecule has 6 atom stereocenters. The van der Waals surface area contributed by atoms with Gasteiger partial charge in [0, 0.05) is 66.0 Å². The van der Waals surface area contributed by atoms with E-state index >= 15 is 0 Å². The molecule has 0 saturated carbocycles. The van der Waals surface area contributed by atoms with Gasteiger partial charge < -0.3 is 75.2 Å². The summed E-state index contributed by atoms with van der Waals surface area (Å²) in [5.74, 6) is -11.8. The molecule has 0 spiro atoms. The molecule has 6 amide bonds. The number of halogens is 1. The van der Waals surface area contributed by atoms with Gasteiger partial charge in [-0.3, -0.25) is 57.5 Å². The average Bonchev–Trinajstić information content (AvgIpc) is 0.812. The second-order valence-electron chi connectivity index (χ2n) is 23.2. The number of carboxylic acids is 3. The van der Waals surface area contributed by atoms with E-state index in [0.29, 0.717) is 27.5 Å². The van der Waals surface area contributed by atoms with Crippen LogP contribution in [0.3, 0.4) is 0 Å². The molecule has 0 fully saturated rings. The number of hydrogen-bond acceptors (Lipinski definition) is 21. The number of benzene rings is 3. The maximum Gasteiger partial charge on any atom is 0.349 e. The fraction of sp³-hybridized carbons (Fsp3) is 0.418. The van der Waals surface area contributed by atoms with Crippen LogP contribution in [0, 0.1) is 17.8 Å². The fourth-order valence-electron chi connectivity index (χ4n) is 9.57. The number of Topliss-reactive ketones (excluding diaryl/α,β-unsaturated/α-hetero) is 3. The highest BCUT2D eigenvalue weighted by atomic mass is 19.1. The van der Waals surface area contributed by atoms with Gasteiger partial charge in [-0.25, -0.2) is 18.8 Å². The van der Waals surface area contributed by atoms with Crippen molar-refractivity contribution in [2.24, 2.45) is 17.8 Å². The lowest BCUT2D eigenvalue weighted by Gasteiger charge is -2.24. The second-order valence-corrected chi connectivity index (χ2v) is 23.2. The van der Waals surface area contributed by atoms with E-state index in [1.165, 1.54) is 49.6 Å². The number of nitrogens with one attached hydrogen (secondary N) is 6. The smallest absolute Gasteiger partial charge is 0.349 e. The van der Waals surface area contributed by atoms with Crippen LogP contribution in [0.15, 0.2) is 100 Å². The van der Waals surface area contributed by atoms with Gasteiger partial charge in [0.1, 0.15) is 75.8 Å². The number of aromatic hydroxyl groups is 1. The minimum atomic E-state index is -1.61. The van der Waals surface area contributed by atoms with E-state index in [-0.39, 0.29) is 40.9 Å². The number of phenolic OH excluding ortho intramolecular Hbond substituents is 1. The molecule has 0 bridgehead atoms. The Bertz CT molecular complexity index is 4150. The molecular weight excluding hydrogens is 1290 g/mol. The number of rotatable bonds is 31. The molecule has 0 aliphatic carbocycles. The Hall–Kier alpha value is -11.1. The van der Waals surface area contributed by atoms with E-state index in [1.54, 1.807) is 79.7 Å². The van der Waals surface area contributed by atoms with Gasteiger partial charge in [0.2, 0.25) is 17.7 Å². The van der Waals surface area contributed by atoms with Gasteiger partial charge in [-0.05, 0) is 86.2 Å². The quantitative estimate of drug-likeness (QED) is 0.0266. The predicted molar refractivity (Wildman–Crippen MR) is 352 cm³/mol. The molecule has 0 aliphatic heterocycles. The Morgan fingerprint density at radius 3 is 1.10 bits per heavy atom. The van der Waals surface area contributed by atoms with Crippen molar-refractivity contribution in [3.05, 3.63) is 121 Å². The summed E-state index contributed by atoms with van der Waals surface area (Å²) >= 11 is 0. The Balaban J connectivity index is 0.000000313. The van der Waals surface area contributed by atoms with Crippen LogP contribution in [0.5, 0.6) is 11.5 Å². The lowest BCUT2D eigenvalue weighted by molar-refractivity contribution is -0.141. The first-order valence-electron chi connectivity index (χ1n) is 31.0. The molecule has 3 unspecified atom stereocenters. The summed E-state index contributed by atoms with van der Waals surface area (Å²) in [6, 6.07) is 10.6. The number of carbonyl (C=O) groups excluding carboxylic acids is 9. The highest BCUT2D eigenvalue weighted by molar-refractivity contribution is 6.03. The van der Waals surface area contributed by atoms with Gasteiger partial charge in [0.25, 0.3) is 17.7 Å². The van der Waals surface area contributed by atoms with Crippen LogP contribution in [-0.2, 0) is 43.2 Å². The SMILES string of the molecule is CC(C)[C@H](NC(=O)c1cc2ccc(O)cc2oc1=O)C(=O)NC(CC(=O)O)C(=O)CF.CCC(=O)C(CC(=O)O)NC(=O)[C@@H](NC(=O)c1cc2ccc(N(CC)CC)cc2oc1=O)C(C)C.CCC(=O)C(CC(=O)O)NC(=O)[C@@H](NC(=O)c1cc2ccc(OC)cc2oc1=O)C(C)C. The maximum atomic E-state index is 12.9. The summed E-state index contributed by atoms with van der Waals surface area (Å²) in [5, 5.41) is 52.1. The molecule has 98 heavy (non-hydrogen) atoms. The van der Waals surface area contributed by atoms with Crippen molar-refractivity contribution in [1.29, 1.82) is 0 Å². The first-order chi connectivity index (χ1) is 46.1. The van der Waals surface area contributed by atoms with Crippen LogP contribution >= 0.6 is 0 Å². The lowest BCUT2D eigenvalue weighted by atomic mass is 10.0. The standard InChI is InChI=1S/C25H33N3O7.C22H26N2O8.C20H21FN2O8/c1-6-19(29)18(13-21(30)31)26-24(33)22(14(4)5)27-23(32)17-11-15-9-10-16(28(7-2)8-3)12-20(15)35-25(17)34;1-5-16(25)15(10-18(26)27)23-21(29)19(11(2)3)24-20(28)14-8-12-6-7-13(31-4)9-17(12)32-22(14)30;1-9(2)17(19(29)22-13(7-16(26)27)14(25)8-21)23-18(28)12-5-10-3-4-11(24)6-15(10)31-20(12)30/h9-12,14,18,22H,6-8,13H2,1-5H3,(H,26,33)(H,27,32)(H,30,31);6-9,11,15,19H,5,10H2,1-4H3,(H,23,29)(H,24,28)(H,26,27);3-6,9,13,17,24H,7-8H2,1-2H3,(H,22,29)(H,23,28)(H,26,27)/t18?,22-;15?,19-;13?,17-/m000/s1. The molecule has 528 valence electrons. The topological polar surface area (TPSA) is 461 Å². The molecule has 6 aromatic rings. The lowest BCUT2D eigenvalue weighted by Crippen LogP contribution is -2.54. The molecule has 0 aliphatic rings. The van der Waals surface area contributed by atoms with E-state index in [4.69, 9.17) is 33.3 Å². The van der Waals surface area contributed by atoms with Crippen molar-refractivity contribution < 1.29 is 100 Å². The third-order valence-electron chi connectivity index (χ3n) is 15.0. The zero-order chi connectivity index (χ0) is 73.6. The van der Waals surface area contributed by atoms with Crippen molar-refractivity contribution in [2.75, 3.05) is 31.8 Å². The Labute approximate surface area is 559 Å². The molecule has 3 heterocycles. The zero-order valence-corrected chi connectivity index (χ0v) is 55.7. The molecular formula is C67H80FN7O23. The number of phenols is 1. The number of amides is 6. The van der Waals surface area contributed by atoms with E-state index in [1.807, 2.05) is 19.9 Å². The predicted octanol–water partition coefficient (Wildman–Crippen LogP) is 4.58. The number of carbonyl (C=O) groups is 12. The first kappa shape index (κ1) is 79.3. The summed E-state index contributed by atoms with van der Waals surface area (Å²) in [6.07, 6.45) is -1.88. The molecule has 10 N–H and O–H groups in total. The number of methoxy groups -OCH3 is 1. The molecule has 0 radical (unpaired) electrons. The Morgan fingerprint density at radius 2 is 0.786 bits per heavy atom. The van der Waals surface area contributed by atoms with Crippen LogP contribution in [0.1, 0.15) is 132 Å². The van der Waals surface area contributed by atoms with Gasteiger partial charge in [-0.2, -0.15) is 0 Å². The van der Waals surface area contributed by atoms with Crippen molar-refractivity contribution in [3.63, 3.8) is 0 Å². The maximum absolute atomic E-state index is 12.9. The highest BCUT2D eigenvalue weighted by Crippen LogP contribution is 2.24. The number of alkyl halides is 1. The number of ether oxygens (including phenoxy) is 1. The number of anilines is 1. The van der Waals surface area contributed by atoms with Crippen LogP contribution < -0.4 is 58.4 Å². The number of hydrogen-bond donors (Lipinski definition) is 10. The minimum Gasteiger partial charge on any atom is -0.508 e. The molecule has 3 aromatic carbocycles. The largest absolute Gasteiger partial charge is 0.508 e. The number of nitrogens with zero attached hydrogens (tertiary/aromatic N) is 1. The van der Waals surface area contributed by atoms with Crippen molar-refractivity contribution in [3.8, 4) is 11.5 Å². The first-order valence-corrected chi connectivity index (χ1v) is 31.0. The highest BCUT2D eigenvalue weighted by Gasteiger charge is 2.34. The minimum absolute atomic E-state index is 0.0415. The van der Waals surface area contributed by atoms with Crippen molar-refractivity contribution in [1.82, 2.24) is 31.9 Å². The van der Waals surface area contributed by atoms with Crippen molar-refractivity contribution in [2.45, 2.75) is 138 Å². The average molecular weight is 1370 g/mol. The van der Waals surface area contributed by atoms with Crippen LogP contribution in [-0.4, -0.2) is 154 Å². The van der Waals surface area contributed by atoms with Gasteiger partial charge in [0.05, 0.1) is 38.5 Å². The fourth-order valence-corrected chi connectivity index (χ4v) is 9.57. The normalized spacial score (nSPS) is 12.8. The van der Waals surface area contributed by atoms with E-state index in [2.05, 4.69) is 36.8 Å². The molecule has 30 nitrogen and oxygen atoms in total. The summed E-state index contributed by atoms with van der Waals surface area (Å²) in [4.78, 5) is 184. The van der Waals surface area contributed by atoms with Gasteiger partial charge >= 0.3 is 34.8 Å². The number of carboxylic acid groups (broad SMARTS) is 3. The van der Waals surface area contributed by atoms with Crippen molar-refractivity contribution >= 4 is 109 Å². The third kappa shape index (κ3) is 22.2. The van der Waals surface area contributed by atoms with Gasteiger partial charge in [-0.1, -0.05) is 55.4 Å². The number of ketones is 3. The summed E-state index contributed by atoms with van der Waals surface area (Å²) in [5.41, 5.74) is -2.20. The molecule has 31 heteroatoms. The number of fused-ring (bicyclic) bond motifs is 3. The van der Waals surface area contributed by atoms with E-state index in [9.17, 15) is 81.4 Å². The Morgan fingerprint density at radius 1 is 0.459 bits per heavy atom. The van der Waals surface area contributed by atoms with Crippen LogP contribution in [0.4, 0.5) is 10.1 Å². The van der Waals surface area contributed by atoms with E-state index in [0.717, 1.165) is 18.8 Å². The van der Waals surface area contributed by atoms with Gasteiger partial charge in [-0.15, -0.1) is 0 Å². The molecule has 3 aromatic heterocycles. The zero-order valence-electron chi connectivity index (χ0n) is 55.7. The van der Waals surface area contributed by atoms with Crippen LogP contribution in [0.25, 0.3) is 32.9 Å². The van der Waals surface area contributed by atoms with Gasteiger partial charge in [0.15, 0.2) is 17.3 Å². The molecule has 0 saturated heterocycles. The monoisotopic (exact) mass is 1370 g/mol. The summed E-state index contributed by atoms with van der Waals surface area (Å²) in [7, 11) is 1.47. The van der Waals surface area contributed by atoms with E-state index < -0.39 is 173 Å². The second kappa shape index (κ2) is 36.7. The Kier molecular flexibility index (Phi) is 29.7. The van der Waals surface area contributed by atoms with Crippen LogP contribution in [0.2, 0.25) is 0 Å².